The number of halogens is 2. The number of aromatic nitrogens is 2. The second kappa shape index (κ2) is 7.84. The molecule has 1 aromatic carbocycles. The van der Waals surface area contributed by atoms with Gasteiger partial charge in [-0.1, -0.05) is 29.8 Å². The largest absolute Gasteiger partial charge is 0.337 e. The van der Waals surface area contributed by atoms with Gasteiger partial charge in [-0.15, -0.1) is 12.4 Å². The molecule has 1 aromatic heterocycles. The number of aryl methyl sites for hydroxylation is 1. The smallest absolute Gasteiger partial charge is 0.219 e. The normalized spacial score (nSPS) is 19.0. The minimum absolute atomic E-state index is 0. The standard InChI is InChI=1S/C15H19ClN4O2S.ClH/c1-19-8-7-18-15(19)14-10-17-6-9-20(14)23(21,22)11-12-4-2-3-5-13(12)16;/h2-5,7-8,14,17H,6,9-11H2,1H3;1H. The highest BCUT2D eigenvalue weighted by Gasteiger charge is 2.35. The van der Waals surface area contributed by atoms with Gasteiger partial charge >= 0.3 is 0 Å². The number of nitrogens with zero attached hydrogens (tertiary/aromatic N) is 3. The molecule has 0 radical (unpaired) electrons. The molecule has 0 spiro atoms. The Morgan fingerprint density at radius 1 is 1.38 bits per heavy atom. The molecule has 2 heterocycles. The highest BCUT2D eigenvalue weighted by molar-refractivity contribution is 7.88. The maximum atomic E-state index is 12.9. The van der Waals surface area contributed by atoms with Crippen LogP contribution in [0.4, 0.5) is 0 Å². The Morgan fingerprint density at radius 3 is 2.79 bits per heavy atom. The molecule has 1 aliphatic heterocycles. The van der Waals surface area contributed by atoms with Crippen LogP contribution in [-0.2, 0) is 22.8 Å². The molecule has 132 valence electrons. The first-order valence-electron chi connectivity index (χ1n) is 7.40. The fraction of sp³-hybridized carbons (Fsp3) is 0.400. The number of rotatable bonds is 4. The van der Waals surface area contributed by atoms with Gasteiger partial charge in [0, 0.05) is 44.1 Å². The SMILES string of the molecule is Cl.Cn1ccnc1C1CNCCN1S(=O)(=O)Cc1ccccc1Cl. The zero-order valence-electron chi connectivity index (χ0n) is 13.2. The number of sulfonamides is 1. The van der Waals surface area contributed by atoms with Crippen molar-refractivity contribution in [3.63, 3.8) is 0 Å². The van der Waals surface area contributed by atoms with E-state index >= 15 is 0 Å². The van der Waals surface area contributed by atoms with Gasteiger partial charge in [0.05, 0.1) is 11.8 Å². The molecule has 2 aromatic rings. The molecule has 1 unspecified atom stereocenters. The first kappa shape index (κ1) is 19.2. The van der Waals surface area contributed by atoms with E-state index in [4.69, 9.17) is 11.6 Å². The Hall–Kier alpha value is -1.12. The van der Waals surface area contributed by atoms with Gasteiger partial charge in [-0.05, 0) is 11.6 Å². The van der Waals surface area contributed by atoms with Crippen molar-refractivity contribution in [2.24, 2.45) is 7.05 Å². The van der Waals surface area contributed by atoms with Crippen molar-refractivity contribution in [2.75, 3.05) is 19.6 Å². The molecule has 0 aliphatic carbocycles. The summed E-state index contributed by atoms with van der Waals surface area (Å²) in [4.78, 5) is 4.32. The van der Waals surface area contributed by atoms with Gasteiger partial charge in [0.2, 0.25) is 10.0 Å². The summed E-state index contributed by atoms with van der Waals surface area (Å²) in [6.45, 7) is 1.60. The van der Waals surface area contributed by atoms with Crippen LogP contribution in [0.5, 0.6) is 0 Å². The first-order valence-corrected chi connectivity index (χ1v) is 9.38. The van der Waals surface area contributed by atoms with Crippen LogP contribution in [0.3, 0.4) is 0 Å². The van der Waals surface area contributed by atoms with Gasteiger partial charge in [0.25, 0.3) is 0 Å². The molecule has 1 atom stereocenters. The molecule has 0 saturated carbocycles. The summed E-state index contributed by atoms with van der Waals surface area (Å²) >= 11 is 6.12. The van der Waals surface area contributed by atoms with E-state index in [1.165, 1.54) is 4.31 Å². The van der Waals surface area contributed by atoms with E-state index in [2.05, 4.69) is 10.3 Å². The maximum absolute atomic E-state index is 12.9. The summed E-state index contributed by atoms with van der Waals surface area (Å²) in [5.41, 5.74) is 0.617. The summed E-state index contributed by atoms with van der Waals surface area (Å²) in [7, 11) is -1.62. The van der Waals surface area contributed by atoms with Crippen molar-refractivity contribution < 1.29 is 8.42 Å². The van der Waals surface area contributed by atoms with Gasteiger partial charge in [-0.2, -0.15) is 4.31 Å². The van der Waals surface area contributed by atoms with Gasteiger partial charge in [-0.3, -0.25) is 0 Å². The summed E-state index contributed by atoms with van der Waals surface area (Å²) < 4.78 is 29.2. The van der Waals surface area contributed by atoms with E-state index in [0.29, 0.717) is 30.2 Å². The number of piperazine rings is 1. The van der Waals surface area contributed by atoms with Crippen molar-refractivity contribution in [2.45, 2.75) is 11.8 Å². The lowest BCUT2D eigenvalue weighted by Gasteiger charge is -2.34. The van der Waals surface area contributed by atoms with Crippen molar-refractivity contribution >= 4 is 34.0 Å². The average Bonchev–Trinajstić information content (AvgIpc) is 2.95. The van der Waals surface area contributed by atoms with E-state index < -0.39 is 10.0 Å². The van der Waals surface area contributed by atoms with E-state index in [9.17, 15) is 8.42 Å². The molecular formula is C15H20Cl2N4O2S. The minimum Gasteiger partial charge on any atom is -0.337 e. The monoisotopic (exact) mass is 390 g/mol. The molecule has 3 rings (SSSR count). The predicted molar refractivity (Wildman–Crippen MR) is 96.8 cm³/mol. The zero-order chi connectivity index (χ0) is 16.4. The van der Waals surface area contributed by atoms with Crippen LogP contribution in [0.25, 0.3) is 0 Å². The Morgan fingerprint density at radius 2 is 2.12 bits per heavy atom. The van der Waals surface area contributed by atoms with Gasteiger partial charge < -0.3 is 9.88 Å². The summed E-state index contributed by atoms with van der Waals surface area (Å²) in [6.07, 6.45) is 3.51. The molecular weight excluding hydrogens is 371 g/mol. The number of hydrogen-bond acceptors (Lipinski definition) is 4. The van der Waals surface area contributed by atoms with Crippen LogP contribution >= 0.6 is 24.0 Å². The van der Waals surface area contributed by atoms with Crippen LogP contribution in [0.15, 0.2) is 36.7 Å². The fourth-order valence-electron chi connectivity index (χ4n) is 2.83. The number of imidazole rings is 1. The van der Waals surface area contributed by atoms with Crippen molar-refractivity contribution in [3.8, 4) is 0 Å². The maximum Gasteiger partial charge on any atom is 0.219 e. The lowest BCUT2D eigenvalue weighted by atomic mass is 10.2. The van der Waals surface area contributed by atoms with Crippen LogP contribution in [0.1, 0.15) is 17.4 Å². The van der Waals surface area contributed by atoms with Crippen LogP contribution < -0.4 is 5.32 Å². The molecule has 1 N–H and O–H groups in total. The Kier molecular flexibility index (Phi) is 6.28. The second-order valence-electron chi connectivity index (χ2n) is 5.57. The second-order valence-corrected chi connectivity index (χ2v) is 7.90. The third kappa shape index (κ3) is 3.92. The molecule has 1 aliphatic rings. The summed E-state index contributed by atoms with van der Waals surface area (Å²) in [5.74, 6) is 0.632. The van der Waals surface area contributed by atoms with Crippen LogP contribution in [-0.4, -0.2) is 41.9 Å². The highest BCUT2D eigenvalue weighted by Crippen LogP contribution is 2.27. The average molecular weight is 391 g/mol. The number of hydrogen-bond donors (Lipinski definition) is 1. The van der Waals surface area contributed by atoms with Gasteiger partial charge in [0.15, 0.2) is 0 Å². The van der Waals surface area contributed by atoms with Gasteiger partial charge in [0.1, 0.15) is 5.82 Å². The molecule has 6 nitrogen and oxygen atoms in total. The number of benzene rings is 1. The molecule has 1 saturated heterocycles. The highest BCUT2D eigenvalue weighted by atomic mass is 35.5. The molecule has 24 heavy (non-hydrogen) atoms. The Labute approximate surface area is 153 Å². The third-order valence-corrected chi connectivity index (χ3v) is 6.20. The Bertz CT molecular complexity index is 794. The first-order chi connectivity index (χ1) is 11.0. The molecule has 1 fully saturated rings. The van der Waals surface area contributed by atoms with Crippen molar-refractivity contribution in [3.05, 3.63) is 53.1 Å². The quantitative estimate of drug-likeness (QED) is 0.866. The van der Waals surface area contributed by atoms with E-state index in [-0.39, 0.29) is 24.2 Å². The molecule has 9 heteroatoms. The fourth-order valence-corrected chi connectivity index (χ4v) is 4.85. The van der Waals surface area contributed by atoms with E-state index in [0.717, 1.165) is 5.82 Å². The lowest BCUT2D eigenvalue weighted by molar-refractivity contribution is 0.258. The topological polar surface area (TPSA) is 67.2 Å². The van der Waals surface area contributed by atoms with Crippen molar-refractivity contribution in [1.29, 1.82) is 0 Å². The van der Waals surface area contributed by atoms with Crippen LogP contribution in [0.2, 0.25) is 5.02 Å². The predicted octanol–water partition coefficient (Wildman–Crippen LogP) is 1.97. The van der Waals surface area contributed by atoms with E-state index in [1.54, 1.807) is 30.5 Å². The molecule has 0 bridgehead atoms. The third-order valence-electron chi connectivity index (χ3n) is 4.00. The van der Waals surface area contributed by atoms with Crippen molar-refractivity contribution in [1.82, 2.24) is 19.2 Å². The van der Waals surface area contributed by atoms with Crippen LogP contribution in [0, 0.1) is 0 Å². The van der Waals surface area contributed by atoms with Gasteiger partial charge in [-0.25, -0.2) is 13.4 Å². The summed E-state index contributed by atoms with van der Waals surface area (Å²) in [6, 6.07) is 6.74. The Balaban J connectivity index is 0.00000208. The summed E-state index contributed by atoms with van der Waals surface area (Å²) in [5, 5.41) is 3.71. The number of nitrogens with one attached hydrogen (secondary N) is 1. The molecule has 0 amide bonds. The van der Waals surface area contributed by atoms with E-state index in [1.807, 2.05) is 17.8 Å². The minimum atomic E-state index is -3.50. The lowest BCUT2D eigenvalue weighted by Crippen LogP contribution is -2.49. The zero-order valence-corrected chi connectivity index (χ0v) is 15.6.